The Morgan fingerprint density at radius 2 is 2.26 bits per heavy atom. The van der Waals surface area contributed by atoms with Crippen LogP contribution in [0.2, 0.25) is 0 Å². The summed E-state index contributed by atoms with van der Waals surface area (Å²) < 4.78 is 23.6. The molecule has 1 aromatic carbocycles. The van der Waals surface area contributed by atoms with Gasteiger partial charge in [0, 0.05) is 11.0 Å². The monoisotopic (exact) mass is 347 g/mol. The number of hydrogen-bond donors (Lipinski definition) is 2. The second kappa shape index (κ2) is 6.35. The molecule has 2 N–H and O–H groups in total. The van der Waals surface area contributed by atoms with Gasteiger partial charge >= 0.3 is 0 Å². The summed E-state index contributed by atoms with van der Waals surface area (Å²) >= 11 is 3.37. The molecule has 2 unspecified atom stereocenters. The Kier molecular flexibility index (Phi) is 5.00. The van der Waals surface area contributed by atoms with E-state index in [1.54, 1.807) is 0 Å². The maximum Gasteiger partial charge on any atom is 0.150 e. The molecule has 0 aliphatic carbocycles. The molecule has 2 rings (SSSR count). The van der Waals surface area contributed by atoms with E-state index < -0.39 is 15.9 Å². The first-order chi connectivity index (χ1) is 8.96. The van der Waals surface area contributed by atoms with E-state index in [4.69, 9.17) is 0 Å². The Hall–Kier alpha value is -0.430. The van der Waals surface area contributed by atoms with Gasteiger partial charge in [-0.1, -0.05) is 28.1 Å². The highest BCUT2D eigenvalue weighted by molar-refractivity contribution is 9.10. The summed E-state index contributed by atoms with van der Waals surface area (Å²) in [4.78, 5) is 0. The molecule has 6 heteroatoms. The van der Waals surface area contributed by atoms with E-state index in [1.807, 2.05) is 24.3 Å². The largest absolute Gasteiger partial charge is 0.387 e. The highest BCUT2D eigenvalue weighted by Gasteiger charge is 2.27. The van der Waals surface area contributed by atoms with Gasteiger partial charge < -0.3 is 10.4 Å². The molecular formula is C13H18BrNO3S. The van der Waals surface area contributed by atoms with E-state index in [0.29, 0.717) is 18.8 Å². The Bertz CT molecular complexity index is 532. The first kappa shape index (κ1) is 15.0. The molecule has 1 saturated heterocycles. The Balaban J connectivity index is 1.77. The minimum atomic E-state index is -2.81. The van der Waals surface area contributed by atoms with Crippen molar-refractivity contribution < 1.29 is 13.5 Å². The maximum atomic E-state index is 11.3. The molecule has 19 heavy (non-hydrogen) atoms. The Labute approximate surface area is 122 Å². The molecule has 2 atom stereocenters. The first-order valence-electron chi connectivity index (χ1n) is 6.31. The van der Waals surface area contributed by atoms with Crippen molar-refractivity contribution in [2.24, 2.45) is 5.92 Å². The van der Waals surface area contributed by atoms with Gasteiger partial charge in [0.1, 0.15) is 0 Å². The van der Waals surface area contributed by atoms with Gasteiger partial charge in [0.25, 0.3) is 0 Å². The van der Waals surface area contributed by atoms with Crippen LogP contribution in [0.5, 0.6) is 0 Å². The molecule has 1 aromatic rings. The van der Waals surface area contributed by atoms with Gasteiger partial charge in [0.05, 0.1) is 17.6 Å². The smallest absolute Gasteiger partial charge is 0.150 e. The number of aliphatic hydroxyl groups is 1. The van der Waals surface area contributed by atoms with Crippen molar-refractivity contribution in [1.29, 1.82) is 0 Å². The predicted molar refractivity (Wildman–Crippen MR) is 78.7 cm³/mol. The average Bonchev–Trinajstić information content (AvgIpc) is 2.69. The summed E-state index contributed by atoms with van der Waals surface area (Å²) in [6, 6.07) is 7.54. The molecular weight excluding hydrogens is 330 g/mol. The average molecular weight is 348 g/mol. The van der Waals surface area contributed by atoms with Crippen LogP contribution in [0.1, 0.15) is 18.1 Å². The van der Waals surface area contributed by atoms with Crippen molar-refractivity contribution in [1.82, 2.24) is 5.32 Å². The molecule has 0 spiro atoms. The quantitative estimate of drug-likeness (QED) is 0.847. The molecule has 0 bridgehead atoms. The molecule has 0 aromatic heterocycles. The fraction of sp³-hybridized carbons (Fsp3) is 0.538. The molecule has 0 radical (unpaired) electrons. The van der Waals surface area contributed by atoms with Crippen molar-refractivity contribution in [3.63, 3.8) is 0 Å². The summed E-state index contributed by atoms with van der Waals surface area (Å²) in [7, 11) is -2.81. The molecule has 1 aliphatic heterocycles. The zero-order valence-corrected chi connectivity index (χ0v) is 13.0. The highest BCUT2D eigenvalue weighted by Crippen LogP contribution is 2.19. The third-order valence-corrected chi connectivity index (χ3v) is 5.66. The summed E-state index contributed by atoms with van der Waals surface area (Å²) in [5.74, 6) is 0.750. The van der Waals surface area contributed by atoms with Crippen LogP contribution >= 0.6 is 15.9 Å². The number of benzene rings is 1. The van der Waals surface area contributed by atoms with Crippen LogP contribution in [0, 0.1) is 5.92 Å². The molecule has 1 fully saturated rings. The molecule has 1 aliphatic rings. The minimum Gasteiger partial charge on any atom is -0.387 e. The van der Waals surface area contributed by atoms with E-state index in [-0.39, 0.29) is 11.7 Å². The molecule has 4 nitrogen and oxygen atoms in total. The Morgan fingerprint density at radius 3 is 2.89 bits per heavy atom. The van der Waals surface area contributed by atoms with Gasteiger partial charge in [0.15, 0.2) is 9.84 Å². The van der Waals surface area contributed by atoms with Crippen molar-refractivity contribution in [3.8, 4) is 0 Å². The summed E-state index contributed by atoms with van der Waals surface area (Å²) in [6.45, 7) is 1.08. The second-order valence-electron chi connectivity index (χ2n) is 5.00. The number of rotatable bonds is 5. The predicted octanol–water partition coefficient (Wildman–Crippen LogP) is 1.51. The fourth-order valence-electron chi connectivity index (χ4n) is 2.29. The lowest BCUT2D eigenvalue weighted by Crippen LogP contribution is -2.28. The first-order valence-corrected chi connectivity index (χ1v) is 8.92. The highest BCUT2D eigenvalue weighted by atomic mass is 79.9. The Morgan fingerprint density at radius 1 is 1.47 bits per heavy atom. The van der Waals surface area contributed by atoms with Crippen LogP contribution in [0.4, 0.5) is 0 Å². The second-order valence-corrected chi connectivity index (χ2v) is 8.14. The van der Waals surface area contributed by atoms with Gasteiger partial charge in [-0.3, -0.25) is 0 Å². The number of aliphatic hydroxyl groups excluding tert-OH is 1. The van der Waals surface area contributed by atoms with Crippen LogP contribution in [0.15, 0.2) is 28.7 Å². The van der Waals surface area contributed by atoms with Gasteiger partial charge in [-0.05, 0) is 36.6 Å². The number of hydrogen-bond acceptors (Lipinski definition) is 4. The molecule has 106 valence electrons. The fourth-order valence-corrected chi connectivity index (χ4v) is 4.57. The van der Waals surface area contributed by atoms with Gasteiger partial charge in [-0.15, -0.1) is 0 Å². The standard InChI is InChI=1S/C13H18BrNO3S/c14-12-3-1-2-11(6-12)13(16)8-15-7-10-4-5-19(17,18)9-10/h1-3,6,10,13,15-16H,4-5,7-9H2. The zero-order chi connectivity index (χ0) is 13.9. The lowest BCUT2D eigenvalue weighted by atomic mass is 10.1. The van der Waals surface area contributed by atoms with Gasteiger partial charge in [0.2, 0.25) is 0 Å². The van der Waals surface area contributed by atoms with Crippen LogP contribution < -0.4 is 5.32 Å². The van der Waals surface area contributed by atoms with Crippen LogP contribution in [0.25, 0.3) is 0 Å². The van der Waals surface area contributed by atoms with E-state index in [9.17, 15) is 13.5 Å². The zero-order valence-electron chi connectivity index (χ0n) is 10.5. The van der Waals surface area contributed by atoms with Crippen molar-refractivity contribution in [2.75, 3.05) is 24.6 Å². The van der Waals surface area contributed by atoms with Crippen LogP contribution in [-0.2, 0) is 9.84 Å². The van der Waals surface area contributed by atoms with Crippen molar-refractivity contribution >= 4 is 25.8 Å². The third-order valence-electron chi connectivity index (χ3n) is 3.33. The van der Waals surface area contributed by atoms with E-state index in [2.05, 4.69) is 21.2 Å². The van der Waals surface area contributed by atoms with E-state index >= 15 is 0 Å². The topological polar surface area (TPSA) is 66.4 Å². The minimum absolute atomic E-state index is 0.180. The lowest BCUT2D eigenvalue weighted by molar-refractivity contribution is 0.173. The van der Waals surface area contributed by atoms with Gasteiger partial charge in [-0.25, -0.2) is 8.42 Å². The third kappa shape index (κ3) is 4.56. The van der Waals surface area contributed by atoms with E-state index in [1.165, 1.54) is 0 Å². The van der Waals surface area contributed by atoms with Crippen molar-refractivity contribution in [3.05, 3.63) is 34.3 Å². The SMILES string of the molecule is O=S1(=O)CCC(CNCC(O)c2cccc(Br)c2)C1. The number of sulfone groups is 1. The van der Waals surface area contributed by atoms with Crippen LogP contribution in [-0.4, -0.2) is 38.1 Å². The molecule has 0 amide bonds. The number of nitrogens with one attached hydrogen (secondary N) is 1. The molecule has 1 heterocycles. The maximum absolute atomic E-state index is 11.3. The van der Waals surface area contributed by atoms with Crippen LogP contribution in [0.3, 0.4) is 0 Å². The lowest BCUT2D eigenvalue weighted by Gasteiger charge is -2.14. The summed E-state index contributed by atoms with van der Waals surface area (Å²) in [6.07, 6.45) is 0.151. The summed E-state index contributed by atoms with van der Waals surface area (Å²) in [5, 5.41) is 13.2. The normalized spacial score (nSPS) is 23.4. The summed E-state index contributed by atoms with van der Waals surface area (Å²) in [5.41, 5.74) is 0.848. The van der Waals surface area contributed by atoms with Gasteiger partial charge in [-0.2, -0.15) is 0 Å². The molecule has 0 saturated carbocycles. The van der Waals surface area contributed by atoms with Crippen molar-refractivity contribution in [2.45, 2.75) is 12.5 Å². The van der Waals surface area contributed by atoms with E-state index in [0.717, 1.165) is 16.5 Å². The number of halogens is 1.